The largest absolute Gasteiger partial charge is 0.478 e. The topological polar surface area (TPSA) is 68.0 Å². The standard InChI is InChI=1S/C11H10ClN3O2/c12-9-3-1-2-8(6-9)11-13-7-15(14-11)5-4-10(16)17/h1-5,7-8H,6H2,(H,16,17)/b5-4-. The van der Waals surface area contributed by atoms with Crippen LogP contribution in [-0.2, 0) is 4.79 Å². The predicted molar refractivity (Wildman–Crippen MR) is 63.4 cm³/mol. The molecule has 1 aliphatic carbocycles. The van der Waals surface area contributed by atoms with Gasteiger partial charge in [0.05, 0.1) is 0 Å². The Balaban J connectivity index is 2.11. The van der Waals surface area contributed by atoms with Crippen molar-refractivity contribution < 1.29 is 9.90 Å². The van der Waals surface area contributed by atoms with E-state index in [1.807, 2.05) is 18.2 Å². The lowest BCUT2D eigenvalue weighted by Crippen LogP contribution is -2.02. The van der Waals surface area contributed by atoms with Crippen molar-refractivity contribution in [1.82, 2.24) is 14.8 Å². The summed E-state index contributed by atoms with van der Waals surface area (Å²) in [6.45, 7) is 0. The van der Waals surface area contributed by atoms with Crippen LogP contribution >= 0.6 is 11.6 Å². The zero-order valence-corrected chi connectivity index (χ0v) is 9.58. The lowest BCUT2D eigenvalue weighted by atomic mass is 10.0. The van der Waals surface area contributed by atoms with Crippen LogP contribution in [-0.4, -0.2) is 25.8 Å². The lowest BCUT2D eigenvalue weighted by molar-refractivity contribution is -0.131. The highest BCUT2D eigenvalue weighted by atomic mass is 35.5. The molecule has 6 heteroatoms. The molecule has 2 rings (SSSR count). The van der Waals surface area contributed by atoms with E-state index in [9.17, 15) is 4.79 Å². The number of hydrogen-bond donors (Lipinski definition) is 1. The quantitative estimate of drug-likeness (QED) is 0.835. The van der Waals surface area contributed by atoms with Crippen molar-refractivity contribution >= 4 is 23.8 Å². The Morgan fingerprint density at radius 1 is 1.65 bits per heavy atom. The number of allylic oxidation sites excluding steroid dienone is 4. The van der Waals surface area contributed by atoms with E-state index < -0.39 is 5.97 Å². The van der Waals surface area contributed by atoms with Crippen molar-refractivity contribution in [2.24, 2.45) is 0 Å². The molecule has 0 amide bonds. The molecule has 1 atom stereocenters. The van der Waals surface area contributed by atoms with Gasteiger partial charge in [-0.25, -0.2) is 14.5 Å². The highest BCUT2D eigenvalue weighted by molar-refractivity contribution is 6.29. The monoisotopic (exact) mass is 251 g/mol. The van der Waals surface area contributed by atoms with Gasteiger partial charge >= 0.3 is 5.97 Å². The minimum atomic E-state index is -1.02. The van der Waals surface area contributed by atoms with E-state index in [0.717, 1.165) is 11.1 Å². The first kappa shape index (κ1) is 11.6. The molecule has 0 saturated heterocycles. The summed E-state index contributed by atoms with van der Waals surface area (Å²) in [6, 6.07) is 0. The van der Waals surface area contributed by atoms with Crippen LogP contribution in [0.2, 0.25) is 0 Å². The summed E-state index contributed by atoms with van der Waals surface area (Å²) in [5.41, 5.74) is 0. The molecule has 0 fully saturated rings. The third kappa shape index (κ3) is 3.04. The molecule has 0 radical (unpaired) electrons. The van der Waals surface area contributed by atoms with Gasteiger partial charge in [-0.3, -0.25) is 0 Å². The van der Waals surface area contributed by atoms with Crippen LogP contribution in [0.15, 0.2) is 35.7 Å². The van der Waals surface area contributed by atoms with Crippen LogP contribution < -0.4 is 0 Å². The van der Waals surface area contributed by atoms with Crippen molar-refractivity contribution in [3.8, 4) is 0 Å². The van der Waals surface area contributed by atoms with Gasteiger partial charge in [-0.1, -0.05) is 23.8 Å². The van der Waals surface area contributed by atoms with Gasteiger partial charge in [0.2, 0.25) is 0 Å². The van der Waals surface area contributed by atoms with E-state index >= 15 is 0 Å². The molecular formula is C11H10ClN3O2. The first-order chi connectivity index (χ1) is 8.15. The molecule has 0 aromatic carbocycles. The second kappa shape index (κ2) is 4.97. The Morgan fingerprint density at radius 3 is 3.18 bits per heavy atom. The molecule has 1 unspecified atom stereocenters. The van der Waals surface area contributed by atoms with Crippen molar-refractivity contribution in [1.29, 1.82) is 0 Å². The number of aromatic nitrogens is 3. The van der Waals surface area contributed by atoms with E-state index in [1.165, 1.54) is 17.2 Å². The zero-order chi connectivity index (χ0) is 12.3. The van der Waals surface area contributed by atoms with Gasteiger partial charge < -0.3 is 5.11 Å². The smallest absolute Gasteiger partial charge is 0.329 e. The molecule has 1 aromatic rings. The van der Waals surface area contributed by atoms with Crippen LogP contribution in [0.4, 0.5) is 0 Å². The number of hydrogen-bond acceptors (Lipinski definition) is 3. The van der Waals surface area contributed by atoms with E-state index in [0.29, 0.717) is 12.2 Å². The van der Waals surface area contributed by atoms with Gasteiger partial charge in [-0.15, -0.1) is 0 Å². The third-order valence-electron chi connectivity index (χ3n) is 2.26. The molecule has 5 nitrogen and oxygen atoms in total. The summed E-state index contributed by atoms with van der Waals surface area (Å²) < 4.78 is 1.36. The third-order valence-corrected chi connectivity index (χ3v) is 2.54. The molecule has 1 N–H and O–H groups in total. The Labute approximate surface area is 103 Å². The highest BCUT2D eigenvalue weighted by Gasteiger charge is 2.16. The van der Waals surface area contributed by atoms with Crippen molar-refractivity contribution in [3.05, 3.63) is 41.5 Å². The fourth-order valence-corrected chi connectivity index (χ4v) is 1.73. The Bertz CT molecular complexity index is 517. The number of carboxylic acids is 1. The number of rotatable bonds is 3. The van der Waals surface area contributed by atoms with Crippen LogP contribution in [0.3, 0.4) is 0 Å². The number of carboxylic acid groups (broad SMARTS) is 1. The van der Waals surface area contributed by atoms with E-state index in [4.69, 9.17) is 16.7 Å². The molecular weight excluding hydrogens is 242 g/mol. The Hall–Kier alpha value is -1.88. The fraction of sp³-hybridized carbons (Fsp3) is 0.182. The van der Waals surface area contributed by atoms with E-state index in [-0.39, 0.29) is 5.92 Å². The zero-order valence-electron chi connectivity index (χ0n) is 8.82. The van der Waals surface area contributed by atoms with Gasteiger partial charge in [0, 0.05) is 23.2 Å². The molecule has 88 valence electrons. The number of nitrogens with zero attached hydrogens (tertiary/aromatic N) is 3. The normalized spacial score (nSPS) is 19.6. The summed E-state index contributed by atoms with van der Waals surface area (Å²) >= 11 is 5.93. The van der Waals surface area contributed by atoms with Crippen LogP contribution in [0.5, 0.6) is 0 Å². The SMILES string of the molecule is O=C(O)/C=C\n1cnc(C2C=CC=C(Cl)C2)n1. The number of halogens is 1. The van der Waals surface area contributed by atoms with Gasteiger partial charge in [0.25, 0.3) is 0 Å². The molecule has 1 aromatic heterocycles. The van der Waals surface area contributed by atoms with Gasteiger partial charge in [0.15, 0.2) is 5.82 Å². The van der Waals surface area contributed by atoms with Gasteiger partial charge in [-0.2, -0.15) is 5.10 Å². The minimum Gasteiger partial charge on any atom is -0.478 e. The van der Waals surface area contributed by atoms with Gasteiger partial charge in [0.1, 0.15) is 6.33 Å². The maximum absolute atomic E-state index is 10.3. The highest BCUT2D eigenvalue weighted by Crippen LogP contribution is 2.27. The lowest BCUT2D eigenvalue weighted by Gasteiger charge is -2.10. The molecule has 0 aliphatic heterocycles. The van der Waals surface area contributed by atoms with E-state index in [1.54, 1.807) is 0 Å². The second-order valence-corrected chi connectivity index (χ2v) is 4.03. The molecule has 1 aliphatic rings. The predicted octanol–water partition coefficient (Wildman–Crippen LogP) is 2.00. The van der Waals surface area contributed by atoms with Crippen molar-refractivity contribution in [2.45, 2.75) is 12.3 Å². The minimum absolute atomic E-state index is 0.0481. The van der Waals surface area contributed by atoms with Crippen LogP contribution in [0.1, 0.15) is 18.2 Å². The molecule has 0 spiro atoms. The first-order valence-electron chi connectivity index (χ1n) is 5.00. The summed E-state index contributed by atoms with van der Waals surface area (Å²) in [5.74, 6) is -0.347. The van der Waals surface area contributed by atoms with E-state index in [2.05, 4.69) is 10.1 Å². The summed E-state index contributed by atoms with van der Waals surface area (Å²) in [5, 5.41) is 13.4. The maximum Gasteiger partial charge on any atom is 0.329 e. The number of aliphatic carboxylic acids is 1. The first-order valence-corrected chi connectivity index (χ1v) is 5.38. The average molecular weight is 252 g/mol. The summed E-state index contributed by atoms with van der Waals surface area (Å²) in [4.78, 5) is 14.5. The van der Waals surface area contributed by atoms with Crippen LogP contribution in [0, 0.1) is 0 Å². The molecule has 1 heterocycles. The fourth-order valence-electron chi connectivity index (χ4n) is 1.49. The molecule has 0 saturated carbocycles. The van der Waals surface area contributed by atoms with Gasteiger partial charge in [-0.05, 0) is 12.5 Å². The number of carbonyl (C=O) groups is 1. The van der Waals surface area contributed by atoms with Crippen molar-refractivity contribution in [3.63, 3.8) is 0 Å². The maximum atomic E-state index is 10.3. The molecule has 0 bridgehead atoms. The summed E-state index contributed by atoms with van der Waals surface area (Å²) in [7, 11) is 0. The Kier molecular flexibility index (Phi) is 3.39. The average Bonchev–Trinajstić information content (AvgIpc) is 2.75. The summed E-state index contributed by atoms with van der Waals surface area (Å²) in [6.07, 6.45) is 10.1. The van der Waals surface area contributed by atoms with Crippen LogP contribution in [0.25, 0.3) is 6.20 Å². The molecule has 17 heavy (non-hydrogen) atoms. The second-order valence-electron chi connectivity index (χ2n) is 3.55. The Morgan fingerprint density at radius 2 is 2.47 bits per heavy atom. The van der Waals surface area contributed by atoms with Crippen molar-refractivity contribution in [2.75, 3.05) is 0 Å².